The Kier molecular flexibility index (Phi) is 5.57. The van der Waals surface area contributed by atoms with E-state index in [1.807, 2.05) is 0 Å². The molecule has 9 heteroatoms. The number of hydrogen-bond acceptors (Lipinski definition) is 4. The van der Waals surface area contributed by atoms with Crippen LogP contribution in [0.5, 0.6) is 0 Å². The molecule has 0 fully saturated rings. The number of carbonyl (C=O) groups is 1. The Morgan fingerprint density at radius 3 is 2.76 bits per heavy atom. The Hall–Kier alpha value is -2.09. The maximum Gasteiger partial charge on any atom is 0.307 e. The van der Waals surface area contributed by atoms with E-state index >= 15 is 0 Å². The van der Waals surface area contributed by atoms with Gasteiger partial charge in [0.1, 0.15) is 5.76 Å². The van der Waals surface area contributed by atoms with E-state index in [4.69, 9.17) is 27.6 Å². The van der Waals surface area contributed by atoms with Crippen molar-refractivity contribution in [2.24, 2.45) is 5.10 Å². The summed E-state index contributed by atoms with van der Waals surface area (Å²) in [6.07, 6.45) is 4.86. The lowest BCUT2D eigenvalue weighted by Gasteiger charge is -2.01. The Bertz CT molecular complexity index is 916. The van der Waals surface area contributed by atoms with Gasteiger partial charge < -0.3 is 4.42 Å². The van der Waals surface area contributed by atoms with Gasteiger partial charge in [0.15, 0.2) is 5.76 Å². The van der Waals surface area contributed by atoms with Crippen LogP contribution in [0.15, 0.2) is 56.7 Å². The highest BCUT2D eigenvalue weighted by Gasteiger charge is 2.11. The molecule has 0 aliphatic heterocycles. The summed E-state index contributed by atoms with van der Waals surface area (Å²) in [6.45, 7) is 0.414. The third-order valence-electron chi connectivity index (χ3n) is 3.16. The average Bonchev–Trinajstić information content (AvgIpc) is 3.20. The number of rotatable bonds is 5. The van der Waals surface area contributed by atoms with Crippen LogP contribution in [-0.2, 0) is 6.54 Å². The van der Waals surface area contributed by atoms with Crippen molar-refractivity contribution >= 4 is 51.3 Å². The van der Waals surface area contributed by atoms with Crippen LogP contribution in [0.4, 0.5) is 0 Å². The van der Waals surface area contributed by atoms with Gasteiger partial charge in [0.2, 0.25) is 0 Å². The fraction of sp³-hybridized carbons (Fsp3) is 0.0625. The normalized spacial score (nSPS) is 11.2. The van der Waals surface area contributed by atoms with Crippen molar-refractivity contribution in [3.63, 3.8) is 0 Å². The van der Waals surface area contributed by atoms with Gasteiger partial charge in [0, 0.05) is 11.8 Å². The molecule has 0 bridgehead atoms. The van der Waals surface area contributed by atoms with E-state index in [0.717, 1.165) is 4.47 Å². The van der Waals surface area contributed by atoms with Gasteiger partial charge >= 0.3 is 5.91 Å². The van der Waals surface area contributed by atoms with Crippen molar-refractivity contribution < 1.29 is 9.21 Å². The Balaban J connectivity index is 1.63. The number of nitrogens with one attached hydrogen (secondary N) is 1. The van der Waals surface area contributed by atoms with Gasteiger partial charge in [0.25, 0.3) is 0 Å². The van der Waals surface area contributed by atoms with E-state index in [9.17, 15) is 4.79 Å². The van der Waals surface area contributed by atoms with Crippen LogP contribution in [0.2, 0.25) is 10.0 Å². The zero-order valence-corrected chi connectivity index (χ0v) is 15.7. The molecule has 0 saturated heterocycles. The lowest BCUT2D eigenvalue weighted by atomic mass is 10.2. The number of halogens is 3. The monoisotopic (exact) mass is 440 g/mol. The van der Waals surface area contributed by atoms with Crippen molar-refractivity contribution in [1.82, 2.24) is 15.2 Å². The molecule has 1 N–H and O–H groups in total. The van der Waals surface area contributed by atoms with Crippen molar-refractivity contribution in [2.45, 2.75) is 6.54 Å². The summed E-state index contributed by atoms with van der Waals surface area (Å²) in [5, 5.41) is 8.87. The first-order valence-electron chi connectivity index (χ1n) is 7.07. The van der Waals surface area contributed by atoms with Crippen LogP contribution in [0.3, 0.4) is 0 Å². The Labute approximate surface area is 161 Å². The third-order valence-corrected chi connectivity index (χ3v) is 4.23. The van der Waals surface area contributed by atoms with Crippen LogP contribution in [-0.4, -0.2) is 21.9 Å². The van der Waals surface area contributed by atoms with Gasteiger partial charge in [-0.05, 0) is 40.2 Å². The molecule has 3 aromatic rings. The van der Waals surface area contributed by atoms with E-state index < -0.39 is 5.91 Å². The SMILES string of the molecule is O=C(N/N=C\c1c(Cl)cccc1Cl)c1ccc(Cn2cc(Br)cn2)o1. The highest BCUT2D eigenvalue weighted by Crippen LogP contribution is 2.22. The summed E-state index contributed by atoms with van der Waals surface area (Å²) in [5.74, 6) is 0.259. The van der Waals surface area contributed by atoms with Crippen molar-refractivity contribution in [3.05, 3.63) is 74.3 Å². The molecule has 6 nitrogen and oxygen atoms in total. The molecule has 2 heterocycles. The molecular formula is C16H11BrCl2N4O2. The van der Waals surface area contributed by atoms with E-state index in [1.165, 1.54) is 6.21 Å². The molecule has 0 atom stereocenters. The highest BCUT2D eigenvalue weighted by molar-refractivity contribution is 9.10. The molecule has 0 aliphatic carbocycles. The fourth-order valence-electron chi connectivity index (χ4n) is 2.01. The highest BCUT2D eigenvalue weighted by atomic mass is 79.9. The van der Waals surface area contributed by atoms with Gasteiger partial charge in [-0.25, -0.2) is 5.43 Å². The molecule has 0 saturated carbocycles. The molecule has 0 aliphatic rings. The molecule has 2 aromatic heterocycles. The minimum atomic E-state index is -0.479. The average molecular weight is 442 g/mol. The van der Waals surface area contributed by atoms with E-state index in [2.05, 4.69) is 31.6 Å². The maximum atomic E-state index is 12.1. The summed E-state index contributed by atoms with van der Waals surface area (Å²) in [6, 6.07) is 8.37. The van der Waals surface area contributed by atoms with Crippen LogP contribution < -0.4 is 5.43 Å². The van der Waals surface area contributed by atoms with Crippen LogP contribution in [0, 0.1) is 0 Å². The zero-order chi connectivity index (χ0) is 17.8. The molecule has 0 radical (unpaired) electrons. The summed E-state index contributed by atoms with van der Waals surface area (Å²) in [5.41, 5.74) is 2.90. The number of aromatic nitrogens is 2. The molecule has 0 unspecified atom stereocenters. The summed E-state index contributed by atoms with van der Waals surface area (Å²) in [4.78, 5) is 12.1. The Morgan fingerprint density at radius 1 is 1.32 bits per heavy atom. The van der Waals surface area contributed by atoms with Gasteiger partial charge in [-0.3, -0.25) is 9.48 Å². The molecule has 25 heavy (non-hydrogen) atoms. The van der Waals surface area contributed by atoms with Gasteiger partial charge in [-0.1, -0.05) is 29.3 Å². The van der Waals surface area contributed by atoms with Crippen LogP contribution in [0.1, 0.15) is 21.9 Å². The third kappa shape index (κ3) is 4.50. The summed E-state index contributed by atoms with van der Waals surface area (Å²) < 4.78 is 8.04. The molecule has 1 aromatic carbocycles. The first-order chi connectivity index (χ1) is 12.0. The first-order valence-corrected chi connectivity index (χ1v) is 8.62. The molecule has 1 amide bonds. The topological polar surface area (TPSA) is 72.4 Å². The Morgan fingerprint density at radius 2 is 2.08 bits per heavy atom. The van der Waals surface area contributed by atoms with Crippen molar-refractivity contribution in [3.8, 4) is 0 Å². The van der Waals surface area contributed by atoms with Crippen molar-refractivity contribution in [1.29, 1.82) is 0 Å². The predicted octanol–water partition coefficient (Wildman–Crippen LogP) is 4.36. The number of nitrogens with zero attached hydrogens (tertiary/aromatic N) is 3. The van der Waals surface area contributed by atoms with Gasteiger partial charge in [0.05, 0.1) is 33.5 Å². The molecular weight excluding hydrogens is 431 g/mol. The van der Waals surface area contributed by atoms with Gasteiger partial charge in [-0.2, -0.15) is 10.2 Å². The molecule has 0 spiro atoms. The standard InChI is InChI=1S/C16H11BrCl2N4O2/c17-10-6-21-23(8-10)9-11-4-5-15(25-11)16(24)22-20-7-12-13(18)2-1-3-14(12)19/h1-8H,9H2,(H,22,24)/b20-7-. The molecule has 128 valence electrons. The minimum Gasteiger partial charge on any atom is -0.454 e. The van der Waals surface area contributed by atoms with E-state index in [0.29, 0.717) is 27.9 Å². The molecule has 3 rings (SSSR count). The minimum absolute atomic E-state index is 0.142. The van der Waals surface area contributed by atoms with Crippen LogP contribution in [0.25, 0.3) is 0 Å². The summed E-state index contributed by atoms with van der Waals surface area (Å²) in [7, 11) is 0. The second kappa shape index (κ2) is 7.86. The lowest BCUT2D eigenvalue weighted by molar-refractivity contribution is 0.0925. The number of amides is 1. The second-order valence-electron chi connectivity index (χ2n) is 4.96. The zero-order valence-electron chi connectivity index (χ0n) is 12.6. The van der Waals surface area contributed by atoms with E-state index in [-0.39, 0.29) is 5.76 Å². The largest absolute Gasteiger partial charge is 0.454 e. The van der Waals surface area contributed by atoms with E-state index in [1.54, 1.807) is 47.4 Å². The van der Waals surface area contributed by atoms with Gasteiger partial charge in [-0.15, -0.1) is 0 Å². The number of benzene rings is 1. The number of hydrogen-bond donors (Lipinski definition) is 1. The lowest BCUT2D eigenvalue weighted by Crippen LogP contribution is -2.16. The number of furan rings is 1. The number of hydrazone groups is 1. The van der Waals surface area contributed by atoms with Crippen molar-refractivity contribution in [2.75, 3.05) is 0 Å². The first kappa shape index (κ1) is 17.7. The summed E-state index contributed by atoms with van der Waals surface area (Å²) >= 11 is 15.4. The quantitative estimate of drug-likeness (QED) is 0.472. The maximum absolute atomic E-state index is 12.1. The second-order valence-corrected chi connectivity index (χ2v) is 6.69. The predicted molar refractivity (Wildman–Crippen MR) is 99.3 cm³/mol. The fourth-order valence-corrected chi connectivity index (χ4v) is 2.84. The van der Waals surface area contributed by atoms with Crippen LogP contribution >= 0.6 is 39.1 Å². The smallest absolute Gasteiger partial charge is 0.307 e. The number of carbonyl (C=O) groups excluding carboxylic acids is 1.